The molecule has 1 rings (SSSR count). The van der Waals surface area contributed by atoms with Crippen molar-refractivity contribution in [2.45, 2.75) is 26.4 Å². The van der Waals surface area contributed by atoms with Crippen molar-refractivity contribution >= 4 is 24.2 Å². The first-order chi connectivity index (χ1) is 9.08. The van der Waals surface area contributed by atoms with Gasteiger partial charge in [0.05, 0.1) is 25.7 Å². The minimum Gasteiger partial charge on any atom is -0.375 e. The summed E-state index contributed by atoms with van der Waals surface area (Å²) in [6, 6.07) is 0. The highest BCUT2D eigenvalue weighted by Crippen LogP contribution is 2.04. The number of amides is 2. The number of carbonyl (C=O) groups is 2. The van der Waals surface area contributed by atoms with Crippen LogP contribution in [0.25, 0.3) is 0 Å². The van der Waals surface area contributed by atoms with Crippen LogP contribution in [0.1, 0.15) is 20.3 Å². The van der Waals surface area contributed by atoms with E-state index in [0.717, 1.165) is 6.54 Å². The average Bonchev–Trinajstić information content (AvgIpc) is 2.41. The highest BCUT2D eigenvalue weighted by atomic mass is 35.5. The van der Waals surface area contributed by atoms with Crippen LogP contribution >= 0.6 is 12.4 Å². The number of likely N-dealkylation sites (N-methyl/N-ethyl adjacent to an activating group) is 2. The Morgan fingerprint density at radius 1 is 1.25 bits per heavy atom. The first-order valence-electron chi connectivity index (χ1n) is 6.92. The molecule has 0 bridgehead atoms. The molecule has 0 aromatic heterocycles. The van der Waals surface area contributed by atoms with Crippen molar-refractivity contribution < 1.29 is 14.3 Å². The molecule has 1 heterocycles. The average molecular weight is 308 g/mol. The molecule has 20 heavy (non-hydrogen) atoms. The zero-order chi connectivity index (χ0) is 14.3. The Bertz CT molecular complexity index is 305. The molecule has 0 radical (unpaired) electrons. The predicted molar refractivity (Wildman–Crippen MR) is 80.0 cm³/mol. The quantitative estimate of drug-likeness (QED) is 0.757. The second-order valence-corrected chi connectivity index (χ2v) is 4.72. The van der Waals surface area contributed by atoms with Crippen LogP contribution in [0.3, 0.4) is 0 Å². The first kappa shape index (κ1) is 19.1. The fourth-order valence-electron chi connectivity index (χ4n) is 2.07. The second kappa shape index (κ2) is 9.96. The summed E-state index contributed by atoms with van der Waals surface area (Å²) >= 11 is 0. The molecule has 1 atom stereocenters. The van der Waals surface area contributed by atoms with E-state index in [4.69, 9.17) is 4.74 Å². The van der Waals surface area contributed by atoms with Gasteiger partial charge in [0.1, 0.15) is 0 Å². The Hall–Kier alpha value is -0.850. The van der Waals surface area contributed by atoms with Crippen molar-refractivity contribution in [2.75, 3.05) is 46.4 Å². The molecule has 0 aromatic rings. The fourth-order valence-corrected chi connectivity index (χ4v) is 2.07. The van der Waals surface area contributed by atoms with Gasteiger partial charge in [-0.1, -0.05) is 0 Å². The number of hydrogen-bond acceptors (Lipinski definition) is 4. The lowest BCUT2D eigenvalue weighted by Crippen LogP contribution is -2.44. The molecule has 0 aromatic carbocycles. The highest BCUT2D eigenvalue weighted by Gasteiger charge is 2.21. The summed E-state index contributed by atoms with van der Waals surface area (Å²) in [6.07, 6.45) is 0.252. The lowest BCUT2D eigenvalue weighted by atomic mass is 10.2. The Balaban J connectivity index is 0.00000361. The van der Waals surface area contributed by atoms with E-state index in [1.54, 1.807) is 11.9 Å². The van der Waals surface area contributed by atoms with E-state index in [1.807, 2.05) is 13.8 Å². The monoisotopic (exact) mass is 307 g/mol. The number of nitrogens with zero attached hydrogens (tertiary/aromatic N) is 2. The smallest absolute Gasteiger partial charge is 0.242 e. The van der Waals surface area contributed by atoms with E-state index in [9.17, 15) is 9.59 Å². The molecule has 118 valence electrons. The summed E-state index contributed by atoms with van der Waals surface area (Å²) in [5, 5.41) is 3.19. The molecule has 1 unspecified atom stereocenters. The molecule has 0 saturated carbocycles. The molecular weight excluding hydrogens is 282 g/mol. The van der Waals surface area contributed by atoms with Crippen LogP contribution in [0.15, 0.2) is 0 Å². The molecule has 1 N–H and O–H groups in total. The zero-order valence-electron chi connectivity index (χ0n) is 12.6. The maximum Gasteiger partial charge on any atom is 0.242 e. The fraction of sp³-hybridized carbons (Fsp3) is 0.846. The van der Waals surface area contributed by atoms with E-state index in [-0.39, 0.29) is 36.9 Å². The molecule has 0 aliphatic carbocycles. The van der Waals surface area contributed by atoms with Gasteiger partial charge in [0.2, 0.25) is 11.8 Å². The summed E-state index contributed by atoms with van der Waals surface area (Å²) in [7, 11) is 1.67. The topological polar surface area (TPSA) is 61.9 Å². The van der Waals surface area contributed by atoms with Gasteiger partial charge in [0.15, 0.2) is 0 Å². The number of nitrogens with one attached hydrogen (secondary N) is 1. The van der Waals surface area contributed by atoms with Crippen LogP contribution in [0, 0.1) is 0 Å². The number of halogens is 1. The number of hydrogen-bond donors (Lipinski definition) is 1. The summed E-state index contributed by atoms with van der Waals surface area (Å²) in [5.74, 6) is -0.0576. The standard InChI is InChI=1S/C13H25N3O3.ClH/c1-4-16(5-2)13(18)10-15(3)12(17)8-11-9-14-6-7-19-11;/h11,14H,4-10H2,1-3H3;1H. The van der Waals surface area contributed by atoms with Crippen LogP contribution in [-0.4, -0.2) is 74.1 Å². The number of morpholine rings is 1. The first-order valence-corrected chi connectivity index (χ1v) is 6.92. The van der Waals surface area contributed by atoms with Crippen LogP contribution in [0.4, 0.5) is 0 Å². The summed E-state index contributed by atoms with van der Waals surface area (Å²) in [4.78, 5) is 27.1. The summed E-state index contributed by atoms with van der Waals surface area (Å²) in [5.41, 5.74) is 0. The highest BCUT2D eigenvalue weighted by molar-refractivity contribution is 5.85. The van der Waals surface area contributed by atoms with Gasteiger partial charge in [-0.15, -0.1) is 12.4 Å². The Kier molecular flexibility index (Phi) is 9.54. The van der Waals surface area contributed by atoms with Crippen LogP contribution in [-0.2, 0) is 14.3 Å². The van der Waals surface area contributed by atoms with Gasteiger partial charge >= 0.3 is 0 Å². The van der Waals surface area contributed by atoms with Crippen LogP contribution in [0.2, 0.25) is 0 Å². The molecule has 0 spiro atoms. The van der Waals surface area contributed by atoms with E-state index in [2.05, 4.69) is 5.32 Å². The Labute approximate surface area is 127 Å². The minimum atomic E-state index is -0.0766. The van der Waals surface area contributed by atoms with Gasteiger partial charge < -0.3 is 19.9 Å². The Morgan fingerprint density at radius 2 is 1.90 bits per heavy atom. The summed E-state index contributed by atoms with van der Waals surface area (Å²) in [6.45, 7) is 7.53. The number of ether oxygens (including phenoxy) is 1. The summed E-state index contributed by atoms with van der Waals surface area (Å²) < 4.78 is 5.49. The van der Waals surface area contributed by atoms with Crippen molar-refractivity contribution in [3.63, 3.8) is 0 Å². The molecule has 2 amide bonds. The van der Waals surface area contributed by atoms with Gasteiger partial charge in [-0.05, 0) is 13.8 Å². The Morgan fingerprint density at radius 3 is 2.40 bits per heavy atom. The molecule has 6 nitrogen and oxygen atoms in total. The SMILES string of the molecule is CCN(CC)C(=O)CN(C)C(=O)CC1CNCCO1.Cl. The van der Waals surface area contributed by atoms with E-state index >= 15 is 0 Å². The number of carbonyl (C=O) groups excluding carboxylic acids is 2. The van der Waals surface area contributed by atoms with Gasteiger partial charge in [-0.2, -0.15) is 0 Å². The number of rotatable bonds is 6. The van der Waals surface area contributed by atoms with E-state index in [1.165, 1.54) is 4.90 Å². The third kappa shape index (κ3) is 6.07. The van der Waals surface area contributed by atoms with Crippen molar-refractivity contribution in [2.24, 2.45) is 0 Å². The van der Waals surface area contributed by atoms with E-state index in [0.29, 0.717) is 32.7 Å². The molecule has 1 saturated heterocycles. The second-order valence-electron chi connectivity index (χ2n) is 4.72. The van der Waals surface area contributed by atoms with Crippen LogP contribution < -0.4 is 5.32 Å². The zero-order valence-corrected chi connectivity index (χ0v) is 13.4. The van der Waals surface area contributed by atoms with Gasteiger partial charge in [0.25, 0.3) is 0 Å². The van der Waals surface area contributed by atoms with Crippen molar-refractivity contribution in [1.29, 1.82) is 0 Å². The van der Waals surface area contributed by atoms with Gasteiger partial charge in [-0.3, -0.25) is 9.59 Å². The molecular formula is C13H26ClN3O3. The van der Waals surface area contributed by atoms with Crippen molar-refractivity contribution in [3.8, 4) is 0 Å². The predicted octanol–water partition coefficient (Wildman–Crippen LogP) is 0.114. The lowest BCUT2D eigenvalue weighted by molar-refractivity contribution is -0.141. The largest absolute Gasteiger partial charge is 0.375 e. The van der Waals surface area contributed by atoms with Crippen molar-refractivity contribution in [1.82, 2.24) is 15.1 Å². The molecule has 7 heteroatoms. The molecule has 1 fully saturated rings. The lowest BCUT2D eigenvalue weighted by Gasteiger charge is -2.26. The maximum absolute atomic E-state index is 12.0. The third-order valence-corrected chi connectivity index (χ3v) is 3.32. The van der Waals surface area contributed by atoms with Crippen molar-refractivity contribution in [3.05, 3.63) is 0 Å². The van der Waals surface area contributed by atoms with Gasteiger partial charge in [-0.25, -0.2) is 0 Å². The van der Waals surface area contributed by atoms with Gasteiger partial charge in [0, 0.05) is 33.2 Å². The normalized spacial score (nSPS) is 18.1. The van der Waals surface area contributed by atoms with E-state index < -0.39 is 0 Å². The minimum absolute atomic E-state index is 0. The maximum atomic E-state index is 12.0. The third-order valence-electron chi connectivity index (χ3n) is 3.32. The molecule has 1 aliphatic rings. The molecule has 1 aliphatic heterocycles. The van der Waals surface area contributed by atoms with Crippen LogP contribution in [0.5, 0.6) is 0 Å².